The topological polar surface area (TPSA) is 98.1 Å². The summed E-state index contributed by atoms with van der Waals surface area (Å²) in [5, 5.41) is 10.5. The molecule has 34 heavy (non-hydrogen) atoms. The molecule has 1 saturated heterocycles. The van der Waals surface area contributed by atoms with E-state index in [2.05, 4.69) is 20.7 Å². The van der Waals surface area contributed by atoms with E-state index in [1.54, 1.807) is 37.0 Å². The zero-order valence-electron chi connectivity index (χ0n) is 18.0. The number of aromatic nitrogens is 3. The number of nitrogens with zero attached hydrogens (tertiary/aromatic N) is 3. The average molecular weight is 541 g/mol. The quantitative estimate of drug-likeness (QED) is 0.432. The molecule has 4 rings (SSSR count). The molecule has 0 spiro atoms. The van der Waals surface area contributed by atoms with Crippen LogP contribution in [0.2, 0.25) is 15.1 Å². The highest BCUT2D eigenvalue weighted by molar-refractivity contribution is 7.99. The Bertz CT molecular complexity index is 1230. The van der Waals surface area contributed by atoms with Gasteiger partial charge in [0.2, 0.25) is 5.88 Å². The third-order valence-electron chi connectivity index (χ3n) is 4.91. The summed E-state index contributed by atoms with van der Waals surface area (Å²) in [5.74, 6) is 1.37. The molecule has 0 bridgehead atoms. The highest BCUT2D eigenvalue weighted by Gasteiger charge is 2.25. The van der Waals surface area contributed by atoms with Crippen LogP contribution in [0.4, 0.5) is 5.69 Å². The van der Waals surface area contributed by atoms with Crippen molar-refractivity contribution in [1.29, 1.82) is 0 Å². The highest BCUT2D eigenvalue weighted by atomic mass is 35.5. The summed E-state index contributed by atoms with van der Waals surface area (Å²) in [6.07, 6.45) is 2.43. The van der Waals surface area contributed by atoms with Gasteiger partial charge in [0.05, 0.1) is 21.3 Å². The van der Waals surface area contributed by atoms with Crippen LogP contribution in [0.3, 0.4) is 0 Å². The number of anilines is 1. The number of carbonyl (C=O) groups is 2. The molecule has 2 amide bonds. The lowest BCUT2D eigenvalue weighted by molar-refractivity contribution is 0.0956. The lowest BCUT2D eigenvalue weighted by Gasteiger charge is -2.14. The third kappa shape index (κ3) is 5.43. The third-order valence-corrected chi connectivity index (χ3v) is 6.85. The van der Waals surface area contributed by atoms with Crippen LogP contribution in [0.1, 0.15) is 34.2 Å². The normalized spacial score (nSPS) is 15.2. The van der Waals surface area contributed by atoms with Gasteiger partial charge in [0.25, 0.3) is 11.8 Å². The summed E-state index contributed by atoms with van der Waals surface area (Å²) in [5.41, 5.74) is 0.361. The Hall–Kier alpha value is -2.46. The highest BCUT2D eigenvalue weighted by Crippen LogP contribution is 2.32. The van der Waals surface area contributed by atoms with Gasteiger partial charge < -0.3 is 15.4 Å². The second-order valence-corrected chi connectivity index (χ2v) is 9.72. The molecular formula is C22H20Cl3N5O3S. The number of carbonyl (C=O) groups excluding carboxylic acids is 2. The second-order valence-electron chi connectivity index (χ2n) is 7.32. The predicted octanol–water partition coefficient (Wildman–Crippen LogP) is 5.11. The lowest BCUT2D eigenvalue weighted by Crippen LogP contribution is -2.25. The van der Waals surface area contributed by atoms with E-state index in [0.29, 0.717) is 11.6 Å². The van der Waals surface area contributed by atoms with Crippen molar-refractivity contribution < 1.29 is 14.3 Å². The molecule has 2 aromatic heterocycles. The molecule has 3 aromatic rings. The number of nitrogens with one attached hydrogen (secondary N) is 2. The summed E-state index contributed by atoms with van der Waals surface area (Å²) < 4.78 is 7.29. The summed E-state index contributed by atoms with van der Waals surface area (Å²) in [6, 6.07) is 7.71. The van der Waals surface area contributed by atoms with Gasteiger partial charge in [0.1, 0.15) is 11.8 Å². The van der Waals surface area contributed by atoms with E-state index in [4.69, 9.17) is 39.5 Å². The van der Waals surface area contributed by atoms with E-state index in [1.165, 1.54) is 22.9 Å². The summed E-state index contributed by atoms with van der Waals surface area (Å²) >= 11 is 20.6. The minimum Gasteiger partial charge on any atom is -0.472 e. The van der Waals surface area contributed by atoms with Crippen molar-refractivity contribution in [3.8, 4) is 11.7 Å². The van der Waals surface area contributed by atoms with Crippen molar-refractivity contribution in [3.63, 3.8) is 0 Å². The van der Waals surface area contributed by atoms with Gasteiger partial charge in [-0.05, 0) is 43.4 Å². The fourth-order valence-corrected chi connectivity index (χ4v) is 5.20. The van der Waals surface area contributed by atoms with Crippen molar-refractivity contribution in [2.24, 2.45) is 0 Å². The number of thioether (sulfide) groups is 1. The zero-order chi connectivity index (χ0) is 24.2. The Kier molecular flexibility index (Phi) is 7.88. The SMILES string of the molecule is CCNC(=O)c1cc(Cl)cc(Cl)c1NC(=O)c1cc(OC2CCSC2)nn1-c1ncccc1Cl. The second kappa shape index (κ2) is 10.9. The largest absolute Gasteiger partial charge is 0.472 e. The molecule has 178 valence electrons. The molecule has 0 radical (unpaired) electrons. The monoisotopic (exact) mass is 539 g/mol. The molecule has 1 unspecified atom stereocenters. The van der Waals surface area contributed by atoms with Crippen LogP contribution in [-0.4, -0.2) is 50.7 Å². The molecule has 1 atom stereocenters. The molecule has 1 aliphatic rings. The Morgan fingerprint density at radius 3 is 2.74 bits per heavy atom. The van der Waals surface area contributed by atoms with Gasteiger partial charge in [0, 0.05) is 29.6 Å². The van der Waals surface area contributed by atoms with Crippen LogP contribution in [-0.2, 0) is 0 Å². The minimum atomic E-state index is -0.584. The van der Waals surface area contributed by atoms with Crippen molar-refractivity contribution in [2.45, 2.75) is 19.4 Å². The average Bonchev–Trinajstić information content (AvgIpc) is 3.46. The molecule has 8 nitrogen and oxygen atoms in total. The van der Waals surface area contributed by atoms with Crippen molar-refractivity contribution in [1.82, 2.24) is 20.1 Å². The Morgan fingerprint density at radius 1 is 1.21 bits per heavy atom. The van der Waals surface area contributed by atoms with Crippen molar-refractivity contribution >= 4 is 64.1 Å². The van der Waals surface area contributed by atoms with Crippen LogP contribution in [0.15, 0.2) is 36.5 Å². The molecule has 1 aliphatic heterocycles. The summed E-state index contributed by atoms with van der Waals surface area (Å²) in [7, 11) is 0. The number of halogens is 3. The number of pyridine rings is 1. The van der Waals surface area contributed by atoms with E-state index in [1.807, 2.05) is 0 Å². The molecule has 1 fully saturated rings. The number of benzene rings is 1. The Morgan fingerprint density at radius 2 is 2.03 bits per heavy atom. The summed E-state index contributed by atoms with van der Waals surface area (Å²) in [6.45, 7) is 2.17. The van der Waals surface area contributed by atoms with Crippen LogP contribution in [0.25, 0.3) is 5.82 Å². The first-order valence-corrected chi connectivity index (χ1v) is 12.7. The molecular weight excluding hydrogens is 521 g/mol. The van der Waals surface area contributed by atoms with Crippen LogP contribution in [0, 0.1) is 0 Å². The number of hydrogen-bond donors (Lipinski definition) is 2. The van der Waals surface area contributed by atoms with Crippen LogP contribution < -0.4 is 15.4 Å². The smallest absolute Gasteiger partial charge is 0.274 e. The standard InChI is InChI=1S/C22H20Cl3N5O3S/c1-2-26-21(31)14-8-12(23)9-16(25)19(14)28-22(32)17-10-18(33-13-5-7-34-11-13)29-30(17)20-15(24)4-3-6-27-20/h3-4,6,8-10,13H,2,5,7,11H2,1H3,(H,26,31)(H,28,32). The minimum absolute atomic E-state index is 0.00137. The fraction of sp³-hybridized carbons (Fsp3) is 0.273. The maximum atomic E-state index is 13.4. The van der Waals surface area contributed by atoms with Crippen molar-refractivity contribution in [3.05, 3.63) is 62.9 Å². The molecule has 0 aliphatic carbocycles. The lowest BCUT2D eigenvalue weighted by atomic mass is 10.1. The van der Waals surface area contributed by atoms with Gasteiger partial charge in [-0.1, -0.05) is 34.8 Å². The molecule has 2 N–H and O–H groups in total. The molecule has 12 heteroatoms. The van der Waals surface area contributed by atoms with Gasteiger partial charge in [-0.2, -0.15) is 11.8 Å². The number of hydrogen-bond acceptors (Lipinski definition) is 6. The maximum absolute atomic E-state index is 13.4. The molecule has 0 saturated carbocycles. The van der Waals surface area contributed by atoms with E-state index < -0.39 is 11.8 Å². The van der Waals surface area contributed by atoms with E-state index in [-0.39, 0.29) is 44.8 Å². The number of rotatable bonds is 7. The first-order chi connectivity index (χ1) is 16.4. The van der Waals surface area contributed by atoms with Gasteiger partial charge >= 0.3 is 0 Å². The van der Waals surface area contributed by atoms with Crippen molar-refractivity contribution in [2.75, 3.05) is 23.4 Å². The van der Waals surface area contributed by atoms with E-state index >= 15 is 0 Å². The van der Waals surface area contributed by atoms with Gasteiger partial charge in [0.15, 0.2) is 5.82 Å². The molecule has 1 aromatic carbocycles. The first kappa shape index (κ1) is 24.7. The van der Waals surface area contributed by atoms with E-state index in [0.717, 1.165) is 17.9 Å². The fourth-order valence-electron chi connectivity index (χ4n) is 3.36. The van der Waals surface area contributed by atoms with Crippen LogP contribution >= 0.6 is 46.6 Å². The molecule has 3 heterocycles. The Labute approximate surface area is 215 Å². The first-order valence-electron chi connectivity index (χ1n) is 10.4. The predicted molar refractivity (Wildman–Crippen MR) is 135 cm³/mol. The van der Waals surface area contributed by atoms with Gasteiger partial charge in [-0.15, -0.1) is 5.10 Å². The number of ether oxygens (including phenoxy) is 1. The summed E-state index contributed by atoms with van der Waals surface area (Å²) in [4.78, 5) is 30.3. The maximum Gasteiger partial charge on any atom is 0.274 e. The Balaban J connectivity index is 1.72. The number of amides is 2. The zero-order valence-corrected chi connectivity index (χ0v) is 21.1. The van der Waals surface area contributed by atoms with Gasteiger partial charge in [-0.25, -0.2) is 9.67 Å². The van der Waals surface area contributed by atoms with E-state index in [9.17, 15) is 9.59 Å². The van der Waals surface area contributed by atoms with Crippen LogP contribution in [0.5, 0.6) is 5.88 Å². The van der Waals surface area contributed by atoms with Gasteiger partial charge in [-0.3, -0.25) is 9.59 Å².